The molecule has 3 N–H and O–H groups in total. The standard InChI is InChI=1S/C21H26BrN3S/c1-14-10-19(24-17-4-7-25(8-5-17)9-6-23)18-12-15-2-3-16(22)13-20(15)26-21(18)11-14/h2-3,10-11,13,17,24H,4-9,12,23H2,1H3. The molecule has 0 aliphatic carbocycles. The molecule has 5 heteroatoms. The Balaban J connectivity index is 1.54. The van der Waals surface area contributed by atoms with Crippen molar-refractivity contribution in [1.82, 2.24) is 4.90 Å². The molecule has 0 saturated carbocycles. The van der Waals surface area contributed by atoms with Crippen molar-refractivity contribution in [2.45, 2.75) is 42.0 Å². The normalized spacial score (nSPS) is 17.7. The minimum atomic E-state index is 0.561. The van der Waals surface area contributed by atoms with Crippen molar-refractivity contribution in [2.75, 3.05) is 31.5 Å². The number of benzene rings is 2. The first-order valence-corrected chi connectivity index (χ1v) is 11.0. The molecule has 1 saturated heterocycles. The summed E-state index contributed by atoms with van der Waals surface area (Å²) in [6.07, 6.45) is 3.40. The van der Waals surface area contributed by atoms with Gasteiger partial charge in [0.1, 0.15) is 0 Å². The van der Waals surface area contributed by atoms with Gasteiger partial charge in [0.2, 0.25) is 0 Å². The molecule has 0 atom stereocenters. The van der Waals surface area contributed by atoms with Crippen LogP contribution in [-0.4, -0.2) is 37.1 Å². The molecule has 2 heterocycles. The van der Waals surface area contributed by atoms with Crippen LogP contribution in [0.5, 0.6) is 0 Å². The molecular formula is C21H26BrN3S. The van der Waals surface area contributed by atoms with Crippen molar-refractivity contribution >= 4 is 33.4 Å². The van der Waals surface area contributed by atoms with Crippen molar-refractivity contribution in [1.29, 1.82) is 0 Å². The smallest absolute Gasteiger partial charge is 0.0392 e. The number of nitrogens with two attached hydrogens (primary N) is 1. The van der Waals surface area contributed by atoms with E-state index < -0.39 is 0 Å². The molecule has 0 unspecified atom stereocenters. The van der Waals surface area contributed by atoms with Crippen LogP contribution >= 0.6 is 27.7 Å². The fraction of sp³-hybridized carbons (Fsp3) is 0.429. The van der Waals surface area contributed by atoms with E-state index in [1.165, 1.54) is 45.0 Å². The van der Waals surface area contributed by atoms with E-state index in [1.54, 1.807) is 0 Å². The number of hydrogen-bond donors (Lipinski definition) is 2. The average molecular weight is 432 g/mol. The van der Waals surface area contributed by atoms with Gasteiger partial charge >= 0.3 is 0 Å². The number of halogens is 1. The van der Waals surface area contributed by atoms with Crippen LogP contribution in [0.2, 0.25) is 0 Å². The topological polar surface area (TPSA) is 41.3 Å². The zero-order valence-electron chi connectivity index (χ0n) is 15.2. The summed E-state index contributed by atoms with van der Waals surface area (Å²) in [5.74, 6) is 0. The van der Waals surface area contributed by atoms with Crippen LogP contribution in [-0.2, 0) is 6.42 Å². The molecule has 1 fully saturated rings. The number of aryl methyl sites for hydroxylation is 1. The molecule has 2 aromatic carbocycles. The number of nitrogens with zero attached hydrogens (tertiary/aromatic N) is 1. The van der Waals surface area contributed by atoms with Crippen molar-refractivity contribution < 1.29 is 0 Å². The zero-order chi connectivity index (χ0) is 18.1. The zero-order valence-corrected chi connectivity index (χ0v) is 17.6. The summed E-state index contributed by atoms with van der Waals surface area (Å²) in [6, 6.07) is 11.9. The van der Waals surface area contributed by atoms with Crippen molar-refractivity contribution in [3.63, 3.8) is 0 Å². The van der Waals surface area contributed by atoms with Crippen LogP contribution in [0.1, 0.15) is 29.5 Å². The van der Waals surface area contributed by atoms with Gasteiger partial charge in [0.05, 0.1) is 0 Å². The van der Waals surface area contributed by atoms with Gasteiger partial charge in [0.15, 0.2) is 0 Å². The Morgan fingerprint density at radius 2 is 2.00 bits per heavy atom. The minimum Gasteiger partial charge on any atom is -0.382 e. The highest BCUT2D eigenvalue weighted by atomic mass is 79.9. The number of anilines is 1. The molecular weight excluding hydrogens is 406 g/mol. The SMILES string of the molecule is Cc1cc(NC2CCN(CCN)CC2)c2c(c1)Sc1cc(Br)ccc1C2. The maximum absolute atomic E-state index is 5.70. The molecule has 0 aromatic heterocycles. The van der Waals surface area contributed by atoms with E-state index in [0.717, 1.165) is 37.1 Å². The molecule has 0 spiro atoms. The monoisotopic (exact) mass is 431 g/mol. The lowest BCUT2D eigenvalue weighted by Gasteiger charge is -2.33. The van der Waals surface area contributed by atoms with Gasteiger partial charge in [-0.25, -0.2) is 0 Å². The third-order valence-corrected chi connectivity index (χ3v) is 7.04. The van der Waals surface area contributed by atoms with Gasteiger partial charge in [-0.05, 0) is 60.7 Å². The highest BCUT2D eigenvalue weighted by molar-refractivity contribution is 9.10. The Morgan fingerprint density at radius 3 is 2.77 bits per heavy atom. The Morgan fingerprint density at radius 1 is 1.19 bits per heavy atom. The van der Waals surface area contributed by atoms with E-state index in [2.05, 4.69) is 63.4 Å². The number of hydrogen-bond acceptors (Lipinski definition) is 4. The lowest BCUT2D eigenvalue weighted by Crippen LogP contribution is -2.41. The first-order chi connectivity index (χ1) is 12.6. The van der Waals surface area contributed by atoms with Crippen molar-refractivity contribution in [3.05, 3.63) is 51.5 Å². The number of likely N-dealkylation sites (tertiary alicyclic amines) is 1. The van der Waals surface area contributed by atoms with Crippen LogP contribution in [0, 0.1) is 6.92 Å². The highest BCUT2D eigenvalue weighted by Gasteiger charge is 2.23. The summed E-state index contributed by atoms with van der Waals surface area (Å²) >= 11 is 5.51. The molecule has 2 aromatic rings. The maximum Gasteiger partial charge on any atom is 0.0392 e. The fourth-order valence-corrected chi connectivity index (χ4v) is 5.72. The highest BCUT2D eigenvalue weighted by Crippen LogP contribution is 2.44. The van der Waals surface area contributed by atoms with Gasteiger partial charge in [-0.3, -0.25) is 0 Å². The van der Waals surface area contributed by atoms with Gasteiger partial charge in [0, 0.05) is 58.6 Å². The fourth-order valence-electron chi connectivity index (χ4n) is 3.97. The molecule has 26 heavy (non-hydrogen) atoms. The lowest BCUT2D eigenvalue weighted by atomic mass is 9.98. The predicted molar refractivity (Wildman–Crippen MR) is 114 cm³/mol. The van der Waals surface area contributed by atoms with E-state index in [9.17, 15) is 0 Å². The quantitative estimate of drug-likeness (QED) is 0.630. The van der Waals surface area contributed by atoms with Crippen LogP contribution < -0.4 is 11.1 Å². The van der Waals surface area contributed by atoms with Gasteiger partial charge in [0.25, 0.3) is 0 Å². The third kappa shape index (κ3) is 3.96. The summed E-state index contributed by atoms with van der Waals surface area (Å²) in [5, 5.41) is 3.87. The number of fused-ring (bicyclic) bond motifs is 2. The van der Waals surface area contributed by atoms with E-state index >= 15 is 0 Å². The van der Waals surface area contributed by atoms with E-state index in [1.807, 2.05) is 11.8 Å². The molecule has 0 amide bonds. The summed E-state index contributed by atoms with van der Waals surface area (Å²) < 4.78 is 1.16. The second-order valence-corrected chi connectivity index (χ2v) is 9.37. The Labute approximate surface area is 168 Å². The largest absolute Gasteiger partial charge is 0.382 e. The summed E-state index contributed by atoms with van der Waals surface area (Å²) in [4.78, 5) is 5.26. The Kier molecular flexibility index (Phi) is 5.60. The van der Waals surface area contributed by atoms with E-state index in [0.29, 0.717) is 6.04 Å². The maximum atomic E-state index is 5.70. The molecule has 4 rings (SSSR count). The van der Waals surface area contributed by atoms with Crippen LogP contribution in [0.4, 0.5) is 5.69 Å². The molecule has 3 nitrogen and oxygen atoms in total. The number of nitrogens with one attached hydrogen (secondary N) is 1. The Hall–Kier alpha value is -1.01. The van der Waals surface area contributed by atoms with Crippen LogP contribution in [0.15, 0.2) is 44.6 Å². The first-order valence-electron chi connectivity index (χ1n) is 9.41. The third-order valence-electron chi connectivity index (χ3n) is 5.36. The van der Waals surface area contributed by atoms with Crippen LogP contribution in [0.3, 0.4) is 0 Å². The molecule has 2 aliphatic heterocycles. The summed E-state index contributed by atoms with van der Waals surface area (Å²) in [6.45, 7) is 6.28. The van der Waals surface area contributed by atoms with Gasteiger partial charge in [-0.1, -0.05) is 33.8 Å². The summed E-state index contributed by atoms with van der Waals surface area (Å²) in [7, 11) is 0. The van der Waals surface area contributed by atoms with Crippen molar-refractivity contribution in [3.8, 4) is 0 Å². The lowest BCUT2D eigenvalue weighted by molar-refractivity contribution is 0.224. The van der Waals surface area contributed by atoms with Gasteiger partial charge < -0.3 is 16.0 Å². The van der Waals surface area contributed by atoms with Gasteiger partial charge in [-0.2, -0.15) is 0 Å². The molecule has 138 valence electrons. The number of rotatable bonds is 4. The second kappa shape index (κ2) is 7.93. The van der Waals surface area contributed by atoms with Crippen molar-refractivity contribution in [2.24, 2.45) is 5.73 Å². The average Bonchev–Trinajstić information content (AvgIpc) is 2.62. The molecule has 0 radical (unpaired) electrons. The summed E-state index contributed by atoms with van der Waals surface area (Å²) in [5.41, 5.74) is 11.2. The first kappa shape index (κ1) is 18.4. The molecule has 0 bridgehead atoms. The van der Waals surface area contributed by atoms with E-state index in [4.69, 9.17) is 5.73 Å². The minimum absolute atomic E-state index is 0.561. The van der Waals surface area contributed by atoms with E-state index in [-0.39, 0.29) is 0 Å². The Bertz CT molecular complexity index is 800. The predicted octanol–water partition coefficient (Wildman–Crippen LogP) is 4.65. The molecule has 2 aliphatic rings. The van der Waals surface area contributed by atoms with Crippen LogP contribution in [0.25, 0.3) is 0 Å². The van der Waals surface area contributed by atoms with Gasteiger partial charge in [-0.15, -0.1) is 0 Å². The number of piperidine rings is 1. The second-order valence-electron chi connectivity index (χ2n) is 7.37.